The first kappa shape index (κ1) is 32.8. The van der Waals surface area contributed by atoms with Gasteiger partial charge in [-0.25, -0.2) is 14.2 Å². The van der Waals surface area contributed by atoms with Crippen LogP contribution in [0.3, 0.4) is 0 Å². The van der Waals surface area contributed by atoms with Crippen molar-refractivity contribution in [2.75, 3.05) is 19.7 Å². The number of allylic oxidation sites excluding steroid dienone is 1. The van der Waals surface area contributed by atoms with Gasteiger partial charge in [0.15, 0.2) is 10.8 Å². The SMILES string of the molecule is CCOC(=O)C1=C(CC2CCCC3C(=O)N(CC(C)(C)C(=O)O)C[C@@H]3CCC2)NC(c2nccs2)=NC1c1cccc(F)c1C. The second-order valence-electron chi connectivity index (χ2n) is 13.1. The summed E-state index contributed by atoms with van der Waals surface area (Å²) in [5, 5.41) is 15.6. The van der Waals surface area contributed by atoms with E-state index in [1.54, 1.807) is 44.9 Å². The lowest BCUT2D eigenvalue weighted by Crippen LogP contribution is -2.40. The number of carboxylic acid groups (broad SMARTS) is 1. The van der Waals surface area contributed by atoms with Crippen LogP contribution < -0.4 is 5.32 Å². The Hall–Kier alpha value is -3.60. The van der Waals surface area contributed by atoms with E-state index in [-0.39, 0.29) is 42.6 Å². The first-order chi connectivity index (χ1) is 21.5. The number of aliphatic carboxylic acids is 1. The van der Waals surface area contributed by atoms with E-state index in [1.807, 2.05) is 11.4 Å². The van der Waals surface area contributed by atoms with Gasteiger partial charge in [0, 0.05) is 36.3 Å². The number of carboxylic acids is 1. The monoisotopic (exact) mass is 638 g/mol. The smallest absolute Gasteiger partial charge is 0.338 e. The van der Waals surface area contributed by atoms with Crippen molar-refractivity contribution in [3.8, 4) is 0 Å². The van der Waals surface area contributed by atoms with E-state index in [4.69, 9.17) is 9.73 Å². The molecule has 45 heavy (non-hydrogen) atoms. The van der Waals surface area contributed by atoms with E-state index in [1.165, 1.54) is 17.4 Å². The quantitative estimate of drug-likeness (QED) is 0.321. The number of fused-ring (bicyclic) bond motifs is 1. The number of thiazole rings is 1. The fraction of sp³-hybridized carbons (Fsp3) is 0.559. The van der Waals surface area contributed by atoms with Gasteiger partial charge in [-0.15, -0.1) is 11.3 Å². The third-order valence-corrected chi connectivity index (χ3v) is 10.3. The third kappa shape index (κ3) is 7.13. The van der Waals surface area contributed by atoms with Crippen LogP contribution in [0.25, 0.3) is 0 Å². The number of esters is 1. The molecule has 11 heteroatoms. The summed E-state index contributed by atoms with van der Waals surface area (Å²) >= 11 is 1.44. The molecule has 3 heterocycles. The molecule has 1 aromatic carbocycles. The molecule has 242 valence electrons. The van der Waals surface area contributed by atoms with Gasteiger partial charge in [0.25, 0.3) is 0 Å². The average molecular weight is 639 g/mol. The van der Waals surface area contributed by atoms with Crippen LogP contribution in [-0.2, 0) is 19.1 Å². The summed E-state index contributed by atoms with van der Waals surface area (Å²) in [7, 11) is 0. The average Bonchev–Trinajstić information content (AvgIpc) is 3.64. The maximum atomic E-state index is 14.8. The fourth-order valence-corrected chi connectivity index (χ4v) is 7.60. The standard InChI is InChI=1S/C34H43FN4O5S/c1-5-44-32(41)27-26(37-29(30-36-15-16-45-30)38-28(27)23-12-8-14-25(35)20(23)2)17-21-9-6-11-22-18-39(19-34(3,4)33(42)43)31(40)24(22)13-7-10-21/h8,12,14-16,21-22,24,28H,5-7,9-11,13,17-19H2,1-4H3,(H,37,38)(H,42,43)/t21?,22-,24?,28?/m0/s1. The van der Waals surface area contributed by atoms with Gasteiger partial charge in [0.2, 0.25) is 5.91 Å². The zero-order valence-corrected chi connectivity index (χ0v) is 27.3. The number of halogens is 1. The molecule has 1 amide bonds. The summed E-state index contributed by atoms with van der Waals surface area (Å²) in [6.07, 6.45) is 7.54. The van der Waals surface area contributed by atoms with Crippen molar-refractivity contribution < 1.29 is 28.6 Å². The number of ether oxygens (including phenoxy) is 1. The number of hydrogen-bond donors (Lipinski definition) is 2. The number of nitrogens with one attached hydrogen (secondary N) is 1. The molecule has 3 aliphatic rings. The van der Waals surface area contributed by atoms with Crippen LogP contribution in [0.1, 0.15) is 87.9 Å². The second-order valence-corrected chi connectivity index (χ2v) is 14.0. The number of benzene rings is 1. The Balaban J connectivity index is 1.40. The van der Waals surface area contributed by atoms with Gasteiger partial charge in [-0.3, -0.25) is 14.6 Å². The predicted octanol–water partition coefficient (Wildman–Crippen LogP) is 6.04. The molecule has 3 unspecified atom stereocenters. The number of carbonyl (C=O) groups excluding carboxylic acids is 2. The molecule has 1 aliphatic carbocycles. The van der Waals surface area contributed by atoms with Gasteiger partial charge >= 0.3 is 11.9 Å². The minimum Gasteiger partial charge on any atom is -0.481 e. The number of aromatic nitrogens is 1. The second kappa shape index (κ2) is 13.8. The Morgan fingerprint density at radius 2 is 1.96 bits per heavy atom. The number of likely N-dealkylation sites (tertiary alicyclic amines) is 1. The van der Waals surface area contributed by atoms with Gasteiger partial charge < -0.3 is 20.1 Å². The van der Waals surface area contributed by atoms with Gasteiger partial charge in [-0.1, -0.05) is 37.8 Å². The molecule has 9 nitrogen and oxygen atoms in total. The van der Waals surface area contributed by atoms with Crippen molar-refractivity contribution in [2.45, 2.75) is 78.7 Å². The van der Waals surface area contributed by atoms with Crippen molar-refractivity contribution in [2.24, 2.45) is 28.2 Å². The molecule has 2 aromatic rings. The molecule has 4 atom stereocenters. The van der Waals surface area contributed by atoms with Gasteiger partial charge in [0.1, 0.15) is 11.9 Å². The van der Waals surface area contributed by atoms with Crippen LogP contribution in [0, 0.1) is 35.9 Å². The number of amidine groups is 1. The van der Waals surface area contributed by atoms with Crippen LogP contribution in [0.5, 0.6) is 0 Å². The highest BCUT2D eigenvalue weighted by Gasteiger charge is 2.43. The van der Waals surface area contributed by atoms with Crippen molar-refractivity contribution in [3.63, 3.8) is 0 Å². The lowest BCUT2D eigenvalue weighted by Gasteiger charge is -2.30. The summed E-state index contributed by atoms with van der Waals surface area (Å²) in [5.74, 6) is -0.721. The van der Waals surface area contributed by atoms with E-state index >= 15 is 0 Å². The highest BCUT2D eigenvalue weighted by atomic mass is 32.1. The lowest BCUT2D eigenvalue weighted by molar-refractivity contribution is -0.149. The van der Waals surface area contributed by atoms with Gasteiger partial charge in [0.05, 0.1) is 17.6 Å². The summed E-state index contributed by atoms with van der Waals surface area (Å²) in [5.41, 5.74) is 1.19. The van der Waals surface area contributed by atoms with E-state index in [2.05, 4.69) is 10.3 Å². The Morgan fingerprint density at radius 3 is 2.64 bits per heavy atom. The molecule has 2 fully saturated rings. The minimum absolute atomic E-state index is 0.0756. The highest BCUT2D eigenvalue weighted by molar-refractivity contribution is 7.11. The number of rotatable bonds is 9. The maximum absolute atomic E-state index is 14.8. The first-order valence-corrected chi connectivity index (χ1v) is 16.8. The number of amides is 1. The normalized spacial score (nSPS) is 24.2. The molecule has 2 aliphatic heterocycles. The largest absolute Gasteiger partial charge is 0.481 e. The van der Waals surface area contributed by atoms with Crippen LogP contribution in [0.15, 0.2) is 46.0 Å². The summed E-state index contributed by atoms with van der Waals surface area (Å²) in [6.45, 7) is 7.84. The maximum Gasteiger partial charge on any atom is 0.338 e. The predicted molar refractivity (Wildman–Crippen MR) is 170 cm³/mol. The number of aliphatic imine (C=N–C) groups is 1. The molecule has 0 spiro atoms. The number of carbonyl (C=O) groups is 3. The molecule has 5 rings (SSSR count). The summed E-state index contributed by atoms with van der Waals surface area (Å²) in [4.78, 5) is 49.8. The summed E-state index contributed by atoms with van der Waals surface area (Å²) in [6, 6.07) is 4.11. The van der Waals surface area contributed by atoms with Crippen molar-refractivity contribution in [1.29, 1.82) is 0 Å². The van der Waals surface area contributed by atoms with Crippen LogP contribution in [0.4, 0.5) is 4.39 Å². The molecular formula is C34H43FN4O5S. The lowest BCUT2D eigenvalue weighted by atomic mass is 9.86. The van der Waals surface area contributed by atoms with Crippen LogP contribution in [0.2, 0.25) is 0 Å². The third-order valence-electron chi connectivity index (χ3n) is 9.49. The molecular weight excluding hydrogens is 595 g/mol. The molecule has 1 saturated heterocycles. The van der Waals surface area contributed by atoms with Gasteiger partial charge in [-0.2, -0.15) is 0 Å². The van der Waals surface area contributed by atoms with Crippen LogP contribution in [-0.4, -0.2) is 58.4 Å². The van der Waals surface area contributed by atoms with E-state index in [0.717, 1.165) is 44.2 Å². The molecule has 0 radical (unpaired) electrons. The molecule has 0 bridgehead atoms. The highest BCUT2D eigenvalue weighted by Crippen LogP contribution is 2.41. The van der Waals surface area contributed by atoms with Gasteiger partial charge in [-0.05, 0) is 76.0 Å². The zero-order chi connectivity index (χ0) is 32.3. The van der Waals surface area contributed by atoms with Crippen LogP contribution >= 0.6 is 11.3 Å². The molecule has 1 saturated carbocycles. The number of hydrogen-bond acceptors (Lipinski definition) is 8. The number of nitrogens with zero attached hydrogens (tertiary/aromatic N) is 3. The first-order valence-electron chi connectivity index (χ1n) is 15.9. The van der Waals surface area contributed by atoms with Crippen molar-refractivity contribution >= 4 is 35.0 Å². The Bertz CT molecular complexity index is 1490. The van der Waals surface area contributed by atoms with E-state index in [0.29, 0.717) is 40.5 Å². The molecule has 1 aromatic heterocycles. The fourth-order valence-electron chi connectivity index (χ4n) is 7.01. The van der Waals surface area contributed by atoms with E-state index < -0.39 is 23.4 Å². The Labute approximate surface area is 268 Å². The van der Waals surface area contributed by atoms with Crippen molar-refractivity contribution in [1.82, 2.24) is 15.2 Å². The zero-order valence-electron chi connectivity index (χ0n) is 26.5. The van der Waals surface area contributed by atoms with E-state index in [9.17, 15) is 23.9 Å². The summed E-state index contributed by atoms with van der Waals surface area (Å²) < 4.78 is 20.3. The minimum atomic E-state index is -0.989. The van der Waals surface area contributed by atoms with Crippen molar-refractivity contribution in [3.05, 3.63) is 63.0 Å². The Morgan fingerprint density at radius 1 is 1.20 bits per heavy atom. The molecule has 2 N–H and O–H groups in total. The Kier molecular flexibility index (Phi) is 10.1. The topological polar surface area (TPSA) is 121 Å².